The van der Waals surface area contributed by atoms with Crippen LogP contribution < -0.4 is 0 Å². The van der Waals surface area contributed by atoms with Crippen molar-refractivity contribution in [2.24, 2.45) is 57.2 Å². The molecular weight excluding hydrogens is 911 g/mol. The van der Waals surface area contributed by atoms with Crippen molar-refractivity contribution in [1.29, 1.82) is 0 Å². The lowest BCUT2D eigenvalue weighted by Gasteiger charge is -2.58. The molecule has 15 heteroatoms. The Morgan fingerprint density at radius 2 is 1.27 bits per heavy atom. The van der Waals surface area contributed by atoms with Crippen LogP contribution in [0.5, 0.6) is 0 Å². The molecule has 11 rings (SSSR count). The molecule has 14 atom stereocenters. The van der Waals surface area contributed by atoms with E-state index in [0.29, 0.717) is 38.5 Å². The first-order valence-corrected chi connectivity index (χ1v) is 25.2. The van der Waals surface area contributed by atoms with E-state index in [1.54, 1.807) is 12.2 Å². The molecule has 3 saturated heterocycles. The lowest BCUT2D eigenvalue weighted by atomic mass is 9.43. The van der Waals surface area contributed by atoms with E-state index < -0.39 is 20.6 Å². The van der Waals surface area contributed by atoms with Crippen molar-refractivity contribution >= 4 is 70.2 Å². The van der Waals surface area contributed by atoms with Crippen LogP contribution in [0.3, 0.4) is 0 Å². The van der Waals surface area contributed by atoms with Crippen molar-refractivity contribution in [3.05, 3.63) is 34.9 Å². The van der Waals surface area contributed by atoms with Crippen molar-refractivity contribution < 1.29 is 57.2 Å². The van der Waals surface area contributed by atoms with E-state index in [9.17, 15) is 28.8 Å². The number of esters is 4. The van der Waals surface area contributed by atoms with E-state index in [1.165, 1.54) is 26.9 Å². The van der Waals surface area contributed by atoms with Gasteiger partial charge in [-0.25, -0.2) is 0 Å². The Morgan fingerprint density at radius 1 is 0.712 bits per heavy atom. The Hall–Kier alpha value is -2.77. The van der Waals surface area contributed by atoms with Gasteiger partial charge in [0.25, 0.3) is 0 Å². The van der Waals surface area contributed by atoms with Crippen LogP contribution in [0.4, 0.5) is 0 Å². The molecule has 8 fully saturated rings. The summed E-state index contributed by atoms with van der Waals surface area (Å²) in [5, 5.41) is 0. The molecule has 3 heterocycles. The Morgan fingerprint density at radius 3 is 1.83 bits per heavy atom. The largest absolute Gasteiger partial charge is 0.469 e. The van der Waals surface area contributed by atoms with Crippen molar-refractivity contribution in [1.82, 2.24) is 0 Å². The van der Waals surface area contributed by atoms with Crippen molar-refractivity contribution in [3.8, 4) is 0 Å². The highest BCUT2D eigenvalue weighted by atomic mass is 35.6. The number of methoxy groups -OCH3 is 3. The highest BCUT2D eigenvalue weighted by molar-refractivity contribution is 6.67. The zero-order valence-corrected chi connectivity index (χ0v) is 41.6. The summed E-state index contributed by atoms with van der Waals surface area (Å²) >= 11 is 15.7. The number of halogens is 3. The normalized spacial score (nSPS) is 45.5. The Kier molecular flexibility index (Phi) is 12.0. The van der Waals surface area contributed by atoms with E-state index in [4.69, 9.17) is 58.5 Å². The van der Waals surface area contributed by atoms with Crippen LogP contribution in [0.2, 0.25) is 0 Å². The molecule has 3 spiro atoms. The molecule has 0 amide bonds. The van der Waals surface area contributed by atoms with E-state index in [1.807, 2.05) is 0 Å². The first-order valence-electron chi connectivity index (χ1n) is 24.0. The number of carbonyl (C=O) groups is 6. The van der Waals surface area contributed by atoms with Gasteiger partial charge >= 0.3 is 23.9 Å². The zero-order chi connectivity index (χ0) is 47.6. The molecular formula is C51H65Cl3O12. The summed E-state index contributed by atoms with van der Waals surface area (Å²) < 4.78 is 32.4. The number of alkyl halides is 3. The maximum atomic E-state index is 13.0. The van der Waals surface area contributed by atoms with Gasteiger partial charge in [-0.3, -0.25) is 28.8 Å². The smallest absolute Gasteiger partial charge is 0.309 e. The molecule has 0 aromatic heterocycles. The Bertz CT molecular complexity index is 2210. The lowest BCUT2D eigenvalue weighted by Crippen LogP contribution is -2.63. The van der Waals surface area contributed by atoms with E-state index in [2.05, 4.69) is 38.5 Å². The molecule has 3 aliphatic heterocycles. The van der Waals surface area contributed by atoms with Gasteiger partial charge in [0.15, 0.2) is 11.6 Å². The fourth-order valence-electron chi connectivity index (χ4n) is 16.4. The maximum Gasteiger partial charge on any atom is 0.309 e. The maximum absolute atomic E-state index is 13.0. The van der Waals surface area contributed by atoms with Crippen molar-refractivity contribution in [2.45, 2.75) is 157 Å². The molecule has 0 aromatic carbocycles. The number of carbonyl (C=O) groups excluding carboxylic acids is 6. The summed E-state index contributed by atoms with van der Waals surface area (Å²) in [5.74, 6) is -0.197. The van der Waals surface area contributed by atoms with Crippen LogP contribution in [0.1, 0.15) is 130 Å². The van der Waals surface area contributed by atoms with E-state index in [-0.39, 0.29) is 105 Å². The van der Waals surface area contributed by atoms with Crippen LogP contribution in [0, 0.1) is 57.2 Å². The molecule has 5 saturated carbocycles. The van der Waals surface area contributed by atoms with Crippen LogP contribution in [0.25, 0.3) is 0 Å². The van der Waals surface area contributed by atoms with Crippen LogP contribution in [-0.4, -0.2) is 90.1 Å². The molecule has 11 aliphatic rings. The van der Waals surface area contributed by atoms with Gasteiger partial charge in [0.1, 0.15) is 16.8 Å². The number of epoxide rings is 1. The lowest BCUT2D eigenvalue weighted by molar-refractivity contribution is -0.172. The molecule has 0 radical (unpaired) electrons. The highest BCUT2D eigenvalue weighted by Gasteiger charge is 2.83. The summed E-state index contributed by atoms with van der Waals surface area (Å²) in [4.78, 5) is 74.5. The molecule has 12 nitrogen and oxygen atoms in total. The van der Waals surface area contributed by atoms with Gasteiger partial charge in [-0.15, -0.1) is 0 Å². The van der Waals surface area contributed by atoms with E-state index >= 15 is 0 Å². The minimum absolute atomic E-state index is 0.0303. The number of ketones is 2. The van der Waals surface area contributed by atoms with E-state index in [0.717, 1.165) is 75.4 Å². The van der Waals surface area contributed by atoms with Gasteiger partial charge in [0, 0.05) is 60.4 Å². The third kappa shape index (κ3) is 6.99. The summed E-state index contributed by atoms with van der Waals surface area (Å²) in [5.41, 5.74) is 1.55. The number of allylic oxidation sites excluding steroid dienone is 4. The minimum Gasteiger partial charge on any atom is -0.469 e. The van der Waals surface area contributed by atoms with Gasteiger partial charge in [-0.1, -0.05) is 85.3 Å². The zero-order valence-electron chi connectivity index (χ0n) is 39.3. The van der Waals surface area contributed by atoms with Gasteiger partial charge in [-0.05, 0) is 107 Å². The van der Waals surface area contributed by atoms with Crippen LogP contribution >= 0.6 is 34.8 Å². The standard InChI is InChI=1S/C24H30O6.C24H30O5.C3H5Cl3O/c1-21-7-4-14(25)10-13(21)11-15(20(27)28-3)19-16-5-8-23(9-6-18(26)30-23)22(16,2)12-17-24(19,21)29-17;1-22-8-4-15(25)12-14(22)13-16(21(27)28-3)20-17(22)5-9-23(2)18(20)6-10-24(23)11-7-19(26)29-24;1-7-2-3(4,5)6/h10,15-17,19H,4-9,11-12H2,1-3H3;5,12,16,18,20H,4,6-11,13H2,1-3H3;2H2,1H3. The molecule has 0 N–H and O–H groups in total. The average Bonchev–Trinajstić information content (AvgIpc) is 3.47. The minimum atomic E-state index is -1.26. The predicted molar refractivity (Wildman–Crippen MR) is 243 cm³/mol. The molecule has 8 aliphatic carbocycles. The number of ether oxygens (including phenoxy) is 6. The SMILES string of the molecule is COC(=O)C1CC2=CC(=O)CCC2(C)C23OC2CC2(C)C(CCC24CCC(=O)O4)C13.COC(=O)C1CC2=CC(=O)CCC2(C)C2=CCC3(C)C(CCC34CCC(=O)O4)C21.COCC(Cl)(Cl)Cl. The third-order valence-electron chi connectivity index (χ3n) is 19.7. The molecule has 0 bridgehead atoms. The first kappa shape index (κ1) is 48.3. The fourth-order valence-corrected chi connectivity index (χ4v) is 16.7. The summed E-state index contributed by atoms with van der Waals surface area (Å²) in [6.45, 7) is 9.16. The number of hydrogen-bond acceptors (Lipinski definition) is 12. The Balaban J connectivity index is 0.000000145. The predicted octanol–water partition coefficient (Wildman–Crippen LogP) is 9.04. The van der Waals surface area contributed by atoms with Gasteiger partial charge in [0.2, 0.25) is 3.79 Å². The summed E-state index contributed by atoms with van der Waals surface area (Å²) in [6.07, 6.45) is 17.7. The fraction of sp³-hybridized carbons (Fsp3) is 0.765. The average molecular weight is 976 g/mol. The molecule has 66 heavy (non-hydrogen) atoms. The monoisotopic (exact) mass is 974 g/mol. The molecule has 14 unspecified atom stereocenters. The van der Waals surface area contributed by atoms with Crippen LogP contribution in [-0.2, 0) is 57.2 Å². The van der Waals surface area contributed by atoms with Crippen molar-refractivity contribution in [2.75, 3.05) is 27.9 Å². The number of hydrogen-bond donors (Lipinski definition) is 0. The third-order valence-corrected chi connectivity index (χ3v) is 20.1. The topological polar surface area (TPSA) is 161 Å². The highest BCUT2D eigenvalue weighted by Crippen LogP contribution is 2.78. The van der Waals surface area contributed by atoms with Crippen LogP contribution in [0.15, 0.2) is 34.9 Å². The Labute approximate surface area is 402 Å². The summed E-state index contributed by atoms with van der Waals surface area (Å²) in [6, 6.07) is 0. The van der Waals surface area contributed by atoms with Gasteiger partial charge < -0.3 is 28.4 Å². The second kappa shape index (κ2) is 16.4. The molecule has 362 valence electrons. The second-order valence-electron chi connectivity index (χ2n) is 22.2. The first-order chi connectivity index (χ1) is 31.0. The quantitative estimate of drug-likeness (QED) is 0.0869. The van der Waals surface area contributed by atoms with Crippen molar-refractivity contribution in [3.63, 3.8) is 0 Å². The second-order valence-corrected chi connectivity index (χ2v) is 24.7. The number of fused-ring (bicyclic) bond motifs is 10. The number of rotatable bonds is 3. The van der Waals surface area contributed by atoms with Gasteiger partial charge in [-0.2, -0.15) is 0 Å². The summed E-state index contributed by atoms with van der Waals surface area (Å²) in [7, 11) is 4.38. The van der Waals surface area contributed by atoms with Gasteiger partial charge in [0.05, 0.1) is 38.8 Å². The molecule has 0 aromatic rings.